The molecule has 2 atom stereocenters. The van der Waals surface area contributed by atoms with Crippen LogP contribution in [0.25, 0.3) is 0 Å². The van der Waals surface area contributed by atoms with Gasteiger partial charge in [-0.25, -0.2) is 0 Å². The molecule has 0 aliphatic heterocycles. The fraction of sp³-hybridized carbons (Fsp3) is 0.800. The van der Waals surface area contributed by atoms with Crippen molar-refractivity contribution in [2.75, 3.05) is 0 Å². The molecule has 0 aliphatic carbocycles. The second kappa shape index (κ2) is 9.00. The molecule has 1 radical (unpaired) electrons. The molecule has 0 aromatic heterocycles. The van der Waals surface area contributed by atoms with Gasteiger partial charge in [0.1, 0.15) is 0 Å². The first kappa shape index (κ1) is 14.7. The second-order valence-corrected chi connectivity index (χ2v) is 5.28. The van der Waals surface area contributed by atoms with E-state index >= 15 is 0 Å². The van der Waals surface area contributed by atoms with Gasteiger partial charge in [-0.2, -0.15) is 0 Å². The summed E-state index contributed by atoms with van der Waals surface area (Å²) in [6.07, 6.45) is 9.11. The first-order valence-electron chi connectivity index (χ1n) is 6.49. The molecule has 2 unspecified atom stereocenters. The molecule has 0 saturated carbocycles. The summed E-state index contributed by atoms with van der Waals surface area (Å²) in [5.74, 6) is 1.70. The zero-order chi connectivity index (χ0) is 11.7. The third kappa shape index (κ3) is 10.0. The SMILES string of the molecule is [CH2]CC(C)CCCC(C)CCCC(=C)C. The highest BCUT2D eigenvalue weighted by Gasteiger charge is 2.04. The van der Waals surface area contributed by atoms with Crippen LogP contribution in [-0.2, 0) is 0 Å². The summed E-state index contributed by atoms with van der Waals surface area (Å²) in [4.78, 5) is 0. The highest BCUT2D eigenvalue weighted by atomic mass is 14.1. The highest BCUT2D eigenvalue weighted by Crippen LogP contribution is 2.19. The Balaban J connectivity index is 3.33. The van der Waals surface area contributed by atoms with Crippen molar-refractivity contribution in [1.29, 1.82) is 0 Å². The Hall–Kier alpha value is -0.260. The molecule has 15 heavy (non-hydrogen) atoms. The molecule has 0 heteroatoms. The van der Waals surface area contributed by atoms with Crippen molar-refractivity contribution >= 4 is 0 Å². The van der Waals surface area contributed by atoms with Crippen LogP contribution in [0.5, 0.6) is 0 Å². The molecular weight excluding hydrogens is 180 g/mol. The standard InChI is InChI=1S/C15H29/c1-6-14(4)10-8-12-15(5)11-7-9-13(2)3/h14-15H,1-2,6-12H2,3-5H3. The quantitative estimate of drug-likeness (QED) is 0.446. The van der Waals surface area contributed by atoms with Crippen LogP contribution in [0.1, 0.15) is 65.7 Å². The third-order valence-electron chi connectivity index (χ3n) is 3.19. The van der Waals surface area contributed by atoms with Crippen LogP contribution in [0.3, 0.4) is 0 Å². The molecule has 0 aliphatic rings. The summed E-state index contributed by atoms with van der Waals surface area (Å²) in [6, 6.07) is 0. The molecule has 0 fully saturated rings. The van der Waals surface area contributed by atoms with E-state index in [1.54, 1.807) is 0 Å². The third-order valence-corrected chi connectivity index (χ3v) is 3.19. The highest BCUT2D eigenvalue weighted by molar-refractivity contribution is 4.87. The number of allylic oxidation sites excluding steroid dienone is 1. The van der Waals surface area contributed by atoms with Gasteiger partial charge in [-0.15, -0.1) is 6.58 Å². The Bertz CT molecular complexity index is 157. The van der Waals surface area contributed by atoms with Crippen LogP contribution in [0, 0.1) is 18.8 Å². The van der Waals surface area contributed by atoms with Crippen LogP contribution >= 0.6 is 0 Å². The molecule has 0 N–H and O–H groups in total. The Morgan fingerprint density at radius 1 is 1.00 bits per heavy atom. The molecule has 0 heterocycles. The Kier molecular flexibility index (Phi) is 8.85. The van der Waals surface area contributed by atoms with E-state index in [0.717, 1.165) is 18.3 Å². The number of rotatable bonds is 9. The zero-order valence-electron chi connectivity index (χ0n) is 11.0. The second-order valence-electron chi connectivity index (χ2n) is 5.28. The largest absolute Gasteiger partial charge is 0.100 e. The topological polar surface area (TPSA) is 0 Å². The van der Waals surface area contributed by atoms with Crippen molar-refractivity contribution in [3.05, 3.63) is 19.1 Å². The van der Waals surface area contributed by atoms with Gasteiger partial charge in [0.05, 0.1) is 0 Å². The maximum atomic E-state index is 3.94. The van der Waals surface area contributed by atoms with Gasteiger partial charge in [0.15, 0.2) is 0 Å². The van der Waals surface area contributed by atoms with Crippen molar-refractivity contribution in [3.8, 4) is 0 Å². The zero-order valence-corrected chi connectivity index (χ0v) is 11.0. The minimum Gasteiger partial charge on any atom is -0.100 e. The molecule has 0 amide bonds. The van der Waals surface area contributed by atoms with Gasteiger partial charge >= 0.3 is 0 Å². The van der Waals surface area contributed by atoms with Gasteiger partial charge < -0.3 is 0 Å². The van der Waals surface area contributed by atoms with E-state index in [2.05, 4.69) is 34.3 Å². The van der Waals surface area contributed by atoms with Crippen molar-refractivity contribution in [1.82, 2.24) is 0 Å². The van der Waals surface area contributed by atoms with Gasteiger partial charge in [0, 0.05) is 0 Å². The summed E-state index contributed by atoms with van der Waals surface area (Å²) in [5, 5.41) is 0. The monoisotopic (exact) mass is 209 g/mol. The van der Waals surface area contributed by atoms with Crippen molar-refractivity contribution in [2.45, 2.75) is 65.7 Å². The van der Waals surface area contributed by atoms with Crippen molar-refractivity contribution in [2.24, 2.45) is 11.8 Å². The van der Waals surface area contributed by atoms with Crippen molar-refractivity contribution < 1.29 is 0 Å². The van der Waals surface area contributed by atoms with E-state index in [1.165, 1.54) is 44.1 Å². The molecular formula is C15H29. The molecule has 0 rings (SSSR count). The lowest BCUT2D eigenvalue weighted by Gasteiger charge is -2.13. The van der Waals surface area contributed by atoms with Gasteiger partial charge in [0.25, 0.3) is 0 Å². The Labute approximate surface area is 97.2 Å². The normalized spacial score (nSPS) is 14.9. The summed E-state index contributed by atoms with van der Waals surface area (Å²) in [7, 11) is 0. The Morgan fingerprint density at radius 3 is 2.07 bits per heavy atom. The van der Waals surface area contributed by atoms with E-state index in [0.29, 0.717) is 0 Å². The molecule has 0 saturated heterocycles. The van der Waals surface area contributed by atoms with Crippen molar-refractivity contribution in [3.63, 3.8) is 0 Å². The summed E-state index contributed by atoms with van der Waals surface area (Å²) >= 11 is 0. The molecule has 0 aromatic rings. The fourth-order valence-corrected chi connectivity index (χ4v) is 1.86. The van der Waals surface area contributed by atoms with Gasteiger partial charge in [-0.1, -0.05) is 58.4 Å². The number of hydrogen-bond acceptors (Lipinski definition) is 0. The lowest BCUT2D eigenvalue weighted by atomic mass is 9.93. The predicted molar refractivity (Wildman–Crippen MR) is 70.8 cm³/mol. The lowest BCUT2D eigenvalue weighted by Crippen LogP contribution is -1.98. The van der Waals surface area contributed by atoms with Gasteiger partial charge in [-0.3, -0.25) is 0 Å². The van der Waals surface area contributed by atoms with E-state index in [9.17, 15) is 0 Å². The van der Waals surface area contributed by atoms with Crippen LogP contribution in [0.2, 0.25) is 0 Å². The van der Waals surface area contributed by atoms with Crippen LogP contribution in [-0.4, -0.2) is 0 Å². The first-order chi connectivity index (χ1) is 7.06. The average molecular weight is 209 g/mol. The van der Waals surface area contributed by atoms with Crippen LogP contribution < -0.4 is 0 Å². The van der Waals surface area contributed by atoms with Gasteiger partial charge in [-0.05, 0) is 31.6 Å². The van der Waals surface area contributed by atoms with E-state index in [-0.39, 0.29) is 0 Å². The van der Waals surface area contributed by atoms with Gasteiger partial charge in [0.2, 0.25) is 0 Å². The fourth-order valence-electron chi connectivity index (χ4n) is 1.86. The van der Waals surface area contributed by atoms with Crippen LogP contribution in [0.15, 0.2) is 12.2 Å². The predicted octanol–water partition coefficient (Wildman–Crippen LogP) is 5.40. The average Bonchev–Trinajstić information content (AvgIpc) is 2.17. The van der Waals surface area contributed by atoms with E-state index in [1.807, 2.05) is 0 Å². The first-order valence-corrected chi connectivity index (χ1v) is 6.49. The Morgan fingerprint density at radius 2 is 1.53 bits per heavy atom. The molecule has 0 spiro atoms. The molecule has 0 aromatic carbocycles. The minimum absolute atomic E-state index is 0.813. The smallest absolute Gasteiger partial charge is 0.0326 e. The summed E-state index contributed by atoms with van der Waals surface area (Å²) in [6.45, 7) is 14.7. The van der Waals surface area contributed by atoms with E-state index in [4.69, 9.17) is 0 Å². The molecule has 0 nitrogen and oxygen atoms in total. The summed E-state index contributed by atoms with van der Waals surface area (Å²) in [5.41, 5.74) is 1.33. The summed E-state index contributed by atoms with van der Waals surface area (Å²) < 4.78 is 0. The van der Waals surface area contributed by atoms with E-state index < -0.39 is 0 Å². The molecule has 89 valence electrons. The van der Waals surface area contributed by atoms with Crippen LogP contribution in [0.4, 0.5) is 0 Å². The lowest BCUT2D eigenvalue weighted by molar-refractivity contribution is 0.417. The maximum absolute atomic E-state index is 3.94. The molecule has 0 bridgehead atoms. The maximum Gasteiger partial charge on any atom is -0.0326 e. The number of hydrogen-bond donors (Lipinski definition) is 0. The minimum atomic E-state index is 0.813.